The lowest BCUT2D eigenvalue weighted by Gasteiger charge is -2.02. The molecule has 16 heavy (non-hydrogen) atoms. The van der Waals surface area contributed by atoms with Crippen molar-refractivity contribution in [3.05, 3.63) is 41.5 Å². The van der Waals surface area contributed by atoms with Gasteiger partial charge in [-0.05, 0) is 18.6 Å². The van der Waals surface area contributed by atoms with Crippen LogP contribution in [0.5, 0.6) is 0 Å². The summed E-state index contributed by atoms with van der Waals surface area (Å²) in [6.07, 6.45) is 3.79. The Morgan fingerprint density at radius 1 is 1.31 bits per heavy atom. The molecule has 2 aromatic heterocycles. The Morgan fingerprint density at radius 2 is 2.19 bits per heavy atom. The maximum Gasteiger partial charge on any atom is 0.0964 e. The summed E-state index contributed by atoms with van der Waals surface area (Å²) in [5.74, 6) is 0. The van der Waals surface area contributed by atoms with Crippen molar-refractivity contribution in [2.75, 3.05) is 0 Å². The summed E-state index contributed by atoms with van der Waals surface area (Å²) in [6.45, 7) is 3.50. The molecule has 5 nitrogen and oxygen atoms in total. The van der Waals surface area contributed by atoms with Crippen molar-refractivity contribution >= 4 is 0 Å². The van der Waals surface area contributed by atoms with E-state index in [4.69, 9.17) is 0 Å². The second-order valence-corrected chi connectivity index (χ2v) is 3.79. The standard InChI is InChI=1S/C11H15N5/c1-9-3-4-10(6-13-9)5-12-7-11-8-16(2)15-14-11/h3-4,6,8,12H,5,7H2,1-2H3. The Morgan fingerprint density at radius 3 is 2.81 bits per heavy atom. The predicted molar refractivity (Wildman–Crippen MR) is 60.5 cm³/mol. The summed E-state index contributed by atoms with van der Waals surface area (Å²) in [5.41, 5.74) is 3.16. The molecule has 5 heteroatoms. The van der Waals surface area contributed by atoms with Gasteiger partial charge < -0.3 is 5.32 Å². The second kappa shape index (κ2) is 4.85. The Bertz CT molecular complexity index is 446. The number of pyridine rings is 1. The van der Waals surface area contributed by atoms with E-state index < -0.39 is 0 Å². The van der Waals surface area contributed by atoms with Crippen molar-refractivity contribution in [1.29, 1.82) is 0 Å². The first-order valence-corrected chi connectivity index (χ1v) is 5.21. The van der Waals surface area contributed by atoms with E-state index in [1.54, 1.807) is 4.68 Å². The molecular weight excluding hydrogens is 202 g/mol. The lowest BCUT2D eigenvalue weighted by atomic mass is 10.2. The average Bonchev–Trinajstić information content (AvgIpc) is 2.67. The molecule has 0 fully saturated rings. The first kappa shape index (κ1) is 10.8. The zero-order chi connectivity index (χ0) is 11.4. The number of rotatable bonds is 4. The van der Waals surface area contributed by atoms with Crippen molar-refractivity contribution < 1.29 is 0 Å². The minimum atomic E-state index is 0.724. The minimum Gasteiger partial charge on any atom is -0.307 e. The van der Waals surface area contributed by atoms with E-state index in [2.05, 4.69) is 26.7 Å². The summed E-state index contributed by atoms with van der Waals surface area (Å²) in [6, 6.07) is 4.09. The molecule has 84 valence electrons. The van der Waals surface area contributed by atoms with Gasteiger partial charge in [0, 0.05) is 38.2 Å². The molecule has 0 spiro atoms. The Labute approximate surface area is 94.5 Å². The van der Waals surface area contributed by atoms with Crippen LogP contribution >= 0.6 is 0 Å². The van der Waals surface area contributed by atoms with Crippen LogP contribution in [0.25, 0.3) is 0 Å². The van der Waals surface area contributed by atoms with Crippen molar-refractivity contribution in [3.8, 4) is 0 Å². The van der Waals surface area contributed by atoms with Gasteiger partial charge in [0.1, 0.15) is 0 Å². The van der Waals surface area contributed by atoms with Crippen LogP contribution in [0.15, 0.2) is 24.5 Å². The van der Waals surface area contributed by atoms with Gasteiger partial charge in [-0.15, -0.1) is 5.10 Å². The van der Waals surface area contributed by atoms with Gasteiger partial charge in [-0.1, -0.05) is 11.3 Å². The lowest BCUT2D eigenvalue weighted by Crippen LogP contribution is -2.13. The van der Waals surface area contributed by atoms with Crippen LogP contribution in [0.1, 0.15) is 17.0 Å². The first-order valence-electron chi connectivity index (χ1n) is 5.21. The van der Waals surface area contributed by atoms with Crippen LogP contribution in [0.4, 0.5) is 0 Å². The maximum absolute atomic E-state index is 4.24. The third-order valence-electron chi connectivity index (χ3n) is 2.26. The van der Waals surface area contributed by atoms with E-state index in [1.165, 1.54) is 5.56 Å². The van der Waals surface area contributed by atoms with Gasteiger partial charge in [-0.25, -0.2) is 0 Å². The van der Waals surface area contributed by atoms with Crippen LogP contribution in [-0.4, -0.2) is 20.0 Å². The normalized spacial score (nSPS) is 10.6. The molecule has 0 unspecified atom stereocenters. The maximum atomic E-state index is 4.24. The predicted octanol–water partition coefficient (Wildman–Crippen LogP) is 0.808. The van der Waals surface area contributed by atoms with Crippen molar-refractivity contribution in [2.24, 2.45) is 7.05 Å². The molecule has 0 saturated carbocycles. The highest BCUT2D eigenvalue weighted by molar-refractivity contribution is 5.12. The molecule has 0 saturated heterocycles. The summed E-state index contributed by atoms with van der Waals surface area (Å²) in [7, 11) is 1.86. The first-order chi connectivity index (χ1) is 7.74. The van der Waals surface area contributed by atoms with Gasteiger partial charge in [0.2, 0.25) is 0 Å². The fourth-order valence-electron chi connectivity index (χ4n) is 1.41. The van der Waals surface area contributed by atoms with Gasteiger partial charge >= 0.3 is 0 Å². The molecule has 0 aromatic carbocycles. The number of hydrogen-bond donors (Lipinski definition) is 1. The van der Waals surface area contributed by atoms with Gasteiger partial charge in [0.25, 0.3) is 0 Å². The third-order valence-corrected chi connectivity index (χ3v) is 2.26. The van der Waals surface area contributed by atoms with Crippen molar-refractivity contribution in [2.45, 2.75) is 20.0 Å². The topological polar surface area (TPSA) is 55.6 Å². The number of aryl methyl sites for hydroxylation is 2. The Hall–Kier alpha value is -1.75. The quantitative estimate of drug-likeness (QED) is 0.823. The highest BCUT2D eigenvalue weighted by Crippen LogP contribution is 1.99. The molecule has 0 aliphatic carbocycles. The Kier molecular flexibility index (Phi) is 3.26. The summed E-state index contributed by atoms with van der Waals surface area (Å²) < 4.78 is 1.70. The zero-order valence-corrected chi connectivity index (χ0v) is 9.51. The minimum absolute atomic E-state index is 0.724. The van der Waals surface area contributed by atoms with Crippen LogP contribution in [0.3, 0.4) is 0 Å². The number of aromatic nitrogens is 4. The molecule has 0 radical (unpaired) electrons. The largest absolute Gasteiger partial charge is 0.307 e. The molecule has 1 N–H and O–H groups in total. The number of nitrogens with one attached hydrogen (secondary N) is 1. The molecule has 0 bridgehead atoms. The van der Waals surface area contributed by atoms with E-state index in [-0.39, 0.29) is 0 Å². The molecule has 0 atom stereocenters. The van der Waals surface area contributed by atoms with E-state index in [1.807, 2.05) is 32.4 Å². The number of hydrogen-bond acceptors (Lipinski definition) is 4. The fraction of sp³-hybridized carbons (Fsp3) is 0.364. The van der Waals surface area contributed by atoms with E-state index in [0.29, 0.717) is 0 Å². The van der Waals surface area contributed by atoms with Gasteiger partial charge in [-0.2, -0.15) is 0 Å². The average molecular weight is 217 g/mol. The third kappa shape index (κ3) is 2.87. The Balaban J connectivity index is 1.82. The van der Waals surface area contributed by atoms with E-state index in [0.717, 1.165) is 24.5 Å². The monoisotopic (exact) mass is 217 g/mol. The van der Waals surface area contributed by atoms with Gasteiger partial charge in [-0.3, -0.25) is 9.67 Å². The summed E-state index contributed by atoms with van der Waals surface area (Å²) in [5, 5.41) is 11.2. The summed E-state index contributed by atoms with van der Waals surface area (Å²) >= 11 is 0. The highest BCUT2D eigenvalue weighted by Gasteiger charge is 1.98. The number of nitrogens with zero attached hydrogens (tertiary/aromatic N) is 4. The fourth-order valence-corrected chi connectivity index (χ4v) is 1.41. The molecule has 2 heterocycles. The smallest absolute Gasteiger partial charge is 0.0964 e. The molecular formula is C11H15N5. The molecule has 2 rings (SSSR count). The van der Waals surface area contributed by atoms with Crippen molar-refractivity contribution in [1.82, 2.24) is 25.3 Å². The van der Waals surface area contributed by atoms with Crippen LogP contribution in [0.2, 0.25) is 0 Å². The van der Waals surface area contributed by atoms with E-state index >= 15 is 0 Å². The van der Waals surface area contributed by atoms with E-state index in [9.17, 15) is 0 Å². The van der Waals surface area contributed by atoms with Gasteiger partial charge in [0.05, 0.1) is 5.69 Å². The van der Waals surface area contributed by atoms with Crippen molar-refractivity contribution in [3.63, 3.8) is 0 Å². The lowest BCUT2D eigenvalue weighted by molar-refractivity contribution is 0.672. The van der Waals surface area contributed by atoms with Crippen LogP contribution in [0, 0.1) is 6.92 Å². The summed E-state index contributed by atoms with van der Waals surface area (Å²) in [4.78, 5) is 4.24. The van der Waals surface area contributed by atoms with Crippen LogP contribution < -0.4 is 5.32 Å². The van der Waals surface area contributed by atoms with Crippen LogP contribution in [-0.2, 0) is 20.1 Å². The molecule has 0 aliphatic heterocycles. The zero-order valence-electron chi connectivity index (χ0n) is 9.51. The second-order valence-electron chi connectivity index (χ2n) is 3.79. The SMILES string of the molecule is Cc1ccc(CNCc2cn(C)nn2)cn1. The van der Waals surface area contributed by atoms with Gasteiger partial charge in [0.15, 0.2) is 0 Å². The molecule has 0 amide bonds. The molecule has 0 aliphatic rings. The molecule has 2 aromatic rings. The highest BCUT2D eigenvalue weighted by atomic mass is 15.4.